The van der Waals surface area contributed by atoms with Gasteiger partial charge in [0.2, 0.25) is 0 Å². The van der Waals surface area contributed by atoms with Crippen LogP contribution in [0.5, 0.6) is 0 Å². The van der Waals surface area contributed by atoms with E-state index in [2.05, 4.69) is 15.5 Å². The summed E-state index contributed by atoms with van der Waals surface area (Å²) in [6.45, 7) is 6.85. The van der Waals surface area contributed by atoms with Crippen molar-refractivity contribution in [3.8, 4) is 0 Å². The maximum Gasteiger partial charge on any atom is 0.323 e. The van der Waals surface area contributed by atoms with E-state index in [0.717, 1.165) is 46.8 Å². The molecule has 1 fully saturated rings. The van der Waals surface area contributed by atoms with Crippen LogP contribution in [-0.4, -0.2) is 43.0 Å². The lowest BCUT2D eigenvalue weighted by molar-refractivity contribution is 0.0746. The number of anilines is 3. The molecule has 32 heavy (non-hydrogen) atoms. The van der Waals surface area contributed by atoms with Gasteiger partial charge < -0.3 is 20.4 Å². The first-order valence-corrected chi connectivity index (χ1v) is 10.8. The minimum Gasteiger partial charge on any atom is -0.368 e. The molecule has 0 radical (unpaired) electrons. The summed E-state index contributed by atoms with van der Waals surface area (Å²) < 4.78 is 0. The molecule has 6 heteroatoms. The second kappa shape index (κ2) is 9.56. The van der Waals surface area contributed by atoms with E-state index in [1.165, 1.54) is 0 Å². The third-order valence-electron chi connectivity index (χ3n) is 5.83. The summed E-state index contributed by atoms with van der Waals surface area (Å²) in [4.78, 5) is 29.3. The molecule has 4 rings (SSSR count). The lowest BCUT2D eigenvalue weighted by Gasteiger charge is -2.36. The highest BCUT2D eigenvalue weighted by atomic mass is 16.2. The van der Waals surface area contributed by atoms with Crippen LogP contribution in [0.3, 0.4) is 0 Å². The van der Waals surface area contributed by atoms with Crippen molar-refractivity contribution >= 4 is 29.0 Å². The van der Waals surface area contributed by atoms with Crippen molar-refractivity contribution in [1.82, 2.24) is 4.90 Å². The Hall–Kier alpha value is -3.80. The van der Waals surface area contributed by atoms with Gasteiger partial charge in [-0.3, -0.25) is 4.79 Å². The number of carbonyl (C=O) groups is 2. The molecular weight excluding hydrogens is 400 g/mol. The molecule has 3 aromatic carbocycles. The van der Waals surface area contributed by atoms with Crippen LogP contribution in [0.25, 0.3) is 0 Å². The molecule has 0 unspecified atom stereocenters. The van der Waals surface area contributed by atoms with Crippen LogP contribution in [0.15, 0.2) is 72.8 Å². The Labute approximate surface area is 188 Å². The van der Waals surface area contributed by atoms with E-state index < -0.39 is 0 Å². The SMILES string of the molecule is Cc1ccccc1NC(=O)Nc1ccc(N2CCN(C(=O)c3ccccc3C)CC2)cc1. The van der Waals surface area contributed by atoms with Crippen LogP contribution in [0.1, 0.15) is 21.5 Å². The van der Waals surface area contributed by atoms with Crippen molar-refractivity contribution in [3.05, 3.63) is 89.5 Å². The Morgan fingerprint density at radius 1 is 0.719 bits per heavy atom. The summed E-state index contributed by atoms with van der Waals surface area (Å²) >= 11 is 0. The fourth-order valence-corrected chi connectivity index (χ4v) is 3.90. The fraction of sp³-hybridized carbons (Fsp3) is 0.231. The second-order valence-corrected chi connectivity index (χ2v) is 8.04. The molecule has 0 spiro atoms. The molecular formula is C26H28N4O2. The van der Waals surface area contributed by atoms with Crippen LogP contribution in [-0.2, 0) is 0 Å². The third-order valence-corrected chi connectivity index (χ3v) is 5.83. The first kappa shape index (κ1) is 21.4. The molecule has 2 N–H and O–H groups in total. The largest absolute Gasteiger partial charge is 0.368 e. The lowest BCUT2D eigenvalue weighted by Crippen LogP contribution is -2.48. The van der Waals surface area contributed by atoms with Crippen LogP contribution >= 0.6 is 0 Å². The second-order valence-electron chi connectivity index (χ2n) is 8.04. The average molecular weight is 429 g/mol. The number of benzene rings is 3. The Morgan fingerprint density at radius 3 is 2.00 bits per heavy atom. The van der Waals surface area contributed by atoms with E-state index in [9.17, 15) is 9.59 Å². The van der Waals surface area contributed by atoms with Crippen molar-refractivity contribution in [2.75, 3.05) is 41.7 Å². The molecule has 6 nitrogen and oxygen atoms in total. The zero-order valence-electron chi connectivity index (χ0n) is 18.5. The molecule has 3 amide bonds. The van der Waals surface area contributed by atoms with Gasteiger partial charge in [0.05, 0.1) is 0 Å². The highest BCUT2D eigenvalue weighted by Crippen LogP contribution is 2.21. The summed E-state index contributed by atoms with van der Waals surface area (Å²) in [6, 6.07) is 22.9. The zero-order valence-corrected chi connectivity index (χ0v) is 18.5. The summed E-state index contributed by atoms with van der Waals surface area (Å²) in [6.07, 6.45) is 0. The van der Waals surface area contributed by atoms with Gasteiger partial charge in [0.15, 0.2) is 0 Å². The number of hydrogen-bond donors (Lipinski definition) is 2. The lowest BCUT2D eigenvalue weighted by atomic mass is 10.1. The van der Waals surface area contributed by atoms with Gasteiger partial charge in [-0.2, -0.15) is 0 Å². The first-order chi connectivity index (χ1) is 15.5. The number of nitrogens with zero attached hydrogens (tertiary/aromatic N) is 2. The number of carbonyl (C=O) groups excluding carboxylic acids is 2. The van der Waals surface area contributed by atoms with E-state index >= 15 is 0 Å². The van der Waals surface area contributed by atoms with Crippen molar-refractivity contribution in [1.29, 1.82) is 0 Å². The smallest absolute Gasteiger partial charge is 0.323 e. The maximum absolute atomic E-state index is 12.8. The Balaban J connectivity index is 1.31. The topological polar surface area (TPSA) is 64.7 Å². The molecule has 0 atom stereocenters. The summed E-state index contributed by atoms with van der Waals surface area (Å²) in [5.74, 6) is 0.0990. The van der Waals surface area contributed by atoms with Gasteiger partial charge in [-0.25, -0.2) is 4.79 Å². The Bertz CT molecular complexity index is 1100. The predicted molar refractivity (Wildman–Crippen MR) is 130 cm³/mol. The molecule has 1 aliphatic heterocycles. The highest BCUT2D eigenvalue weighted by molar-refractivity contribution is 6.00. The summed E-state index contributed by atoms with van der Waals surface area (Å²) in [7, 11) is 0. The van der Waals surface area contributed by atoms with Gasteiger partial charge in [0, 0.05) is 48.8 Å². The van der Waals surface area contributed by atoms with Gasteiger partial charge in [-0.1, -0.05) is 36.4 Å². The molecule has 0 saturated carbocycles. The van der Waals surface area contributed by atoms with E-state index in [-0.39, 0.29) is 11.9 Å². The van der Waals surface area contributed by atoms with Gasteiger partial charge >= 0.3 is 6.03 Å². The summed E-state index contributed by atoms with van der Waals surface area (Å²) in [5, 5.41) is 5.74. The molecule has 1 saturated heterocycles. The van der Waals surface area contributed by atoms with Gasteiger partial charge in [0.25, 0.3) is 5.91 Å². The minimum absolute atomic E-state index is 0.0990. The number of piperazine rings is 1. The number of amides is 3. The van der Waals surface area contributed by atoms with Crippen LogP contribution in [0, 0.1) is 13.8 Å². The highest BCUT2D eigenvalue weighted by Gasteiger charge is 2.23. The average Bonchev–Trinajstić information content (AvgIpc) is 2.81. The van der Waals surface area contributed by atoms with Gasteiger partial charge in [-0.15, -0.1) is 0 Å². The number of rotatable bonds is 4. The van der Waals surface area contributed by atoms with Crippen molar-refractivity contribution in [2.45, 2.75) is 13.8 Å². The monoisotopic (exact) mass is 428 g/mol. The van der Waals surface area contributed by atoms with E-state index in [1.54, 1.807) is 0 Å². The molecule has 0 aromatic heterocycles. The van der Waals surface area contributed by atoms with E-state index in [0.29, 0.717) is 13.1 Å². The van der Waals surface area contributed by atoms with Gasteiger partial charge in [-0.05, 0) is 61.4 Å². The molecule has 0 bridgehead atoms. The molecule has 3 aromatic rings. The standard InChI is InChI=1S/C26H28N4O2/c1-19-7-3-5-9-23(19)25(31)30-17-15-29(16-18-30)22-13-11-21(12-14-22)27-26(32)28-24-10-6-4-8-20(24)2/h3-14H,15-18H2,1-2H3,(H2,27,28,32). The van der Waals surface area contributed by atoms with Crippen molar-refractivity contribution in [3.63, 3.8) is 0 Å². The number of hydrogen-bond acceptors (Lipinski definition) is 3. The fourth-order valence-electron chi connectivity index (χ4n) is 3.90. The predicted octanol–water partition coefficient (Wildman–Crippen LogP) is 4.91. The quantitative estimate of drug-likeness (QED) is 0.621. The normalized spacial score (nSPS) is 13.6. The van der Waals surface area contributed by atoms with Crippen molar-refractivity contribution in [2.24, 2.45) is 0 Å². The Morgan fingerprint density at radius 2 is 1.34 bits per heavy atom. The number of aryl methyl sites for hydroxylation is 2. The van der Waals surface area contributed by atoms with Gasteiger partial charge in [0.1, 0.15) is 0 Å². The summed E-state index contributed by atoms with van der Waals surface area (Å²) in [5.41, 5.74) is 5.40. The molecule has 164 valence electrons. The van der Waals surface area contributed by atoms with E-state index in [4.69, 9.17) is 0 Å². The van der Waals surface area contributed by atoms with E-state index in [1.807, 2.05) is 91.5 Å². The molecule has 1 heterocycles. The van der Waals surface area contributed by atoms with Crippen LogP contribution < -0.4 is 15.5 Å². The number of nitrogens with one attached hydrogen (secondary N) is 2. The van der Waals surface area contributed by atoms with Crippen LogP contribution in [0.4, 0.5) is 21.9 Å². The molecule has 0 aliphatic carbocycles. The first-order valence-electron chi connectivity index (χ1n) is 10.8. The zero-order chi connectivity index (χ0) is 22.5. The van der Waals surface area contributed by atoms with Crippen LogP contribution in [0.2, 0.25) is 0 Å². The van der Waals surface area contributed by atoms with Crippen molar-refractivity contribution < 1.29 is 9.59 Å². The minimum atomic E-state index is -0.268. The maximum atomic E-state index is 12.8. The third kappa shape index (κ3) is 4.91. The number of para-hydroxylation sites is 1. The Kier molecular flexibility index (Phi) is 6.40. The number of urea groups is 1. The molecule has 1 aliphatic rings.